The number of nitrogens with zero attached hydrogens (tertiary/aromatic N) is 2. The summed E-state index contributed by atoms with van der Waals surface area (Å²) >= 11 is 6.41. The van der Waals surface area contributed by atoms with E-state index in [0.29, 0.717) is 5.82 Å². The highest BCUT2D eigenvalue weighted by atomic mass is 35.5. The van der Waals surface area contributed by atoms with Crippen LogP contribution in [-0.4, -0.2) is 9.55 Å². The molecule has 1 atom stereocenters. The summed E-state index contributed by atoms with van der Waals surface area (Å²) in [5, 5.41) is 3.54. The molecular formula is C20H16ClN3O. The lowest BCUT2D eigenvalue weighted by Crippen LogP contribution is -2.28. The first-order chi connectivity index (χ1) is 12.1. The van der Waals surface area contributed by atoms with Crippen LogP contribution in [0.3, 0.4) is 0 Å². The fraction of sp³-hybridized carbons (Fsp3) is 0.100. The number of para-hydroxylation sites is 1. The van der Waals surface area contributed by atoms with Gasteiger partial charge in [-0.05, 0) is 24.6 Å². The molecule has 1 aliphatic heterocycles. The number of rotatable bonds is 2. The van der Waals surface area contributed by atoms with Gasteiger partial charge in [-0.1, -0.05) is 66.2 Å². The maximum Gasteiger partial charge on any atom is 0.355 e. The monoisotopic (exact) mass is 349 g/mol. The maximum absolute atomic E-state index is 12.6. The molecule has 0 saturated heterocycles. The van der Waals surface area contributed by atoms with Crippen molar-refractivity contribution in [3.05, 3.63) is 99.2 Å². The Kier molecular flexibility index (Phi) is 3.90. The number of allylic oxidation sites excluding steroid dienone is 2. The average molecular weight is 350 g/mol. The molecule has 0 saturated carbocycles. The van der Waals surface area contributed by atoms with Crippen molar-refractivity contribution in [2.75, 3.05) is 5.32 Å². The Morgan fingerprint density at radius 2 is 1.68 bits per heavy atom. The molecule has 25 heavy (non-hydrogen) atoms. The molecule has 0 bridgehead atoms. The normalized spacial score (nSPS) is 15.9. The first kappa shape index (κ1) is 15.7. The highest BCUT2D eigenvalue weighted by Crippen LogP contribution is 2.39. The Morgan fingerprint density at radius 1 is 1.04 bits per heavy atom. The molecule has 0 spiro atoms. The van der Waals surface area contributed by atoms with Crippen LogP contribution in [0.4, 0.5) is 5.82 Å². The Bertz CT molecular complexity index is 1010. The van der Waals surface area contributed by atoms with E-state index in [4.69, 9.17) is 11.6 Å². The van der Waals surface area contributed by atoms with Gasteiger partial charge in [-0.3, -0.25) is 0 Å². The zero-order chi connectivity index (χ0) is 17.4. The molecular weight excluding hydrogens is 334 g/mol. The van der Waals surface area contributed by atoms with Gasteiger partial charge in [-0.25, -0.2) is 9.36 Å². The van der Waals surface area contributed by atoms with E-state index in [1.54, 1.807) is 4.57 Å². The van der Waals surface area contributed by atoms with E-state index < -0.39 is 5.69 Å². The number of halogens is 1. The lowest BCUT2D eigenvalue weighted by Gasteiger charge is -2.28. The van der Waals surface area contributed by atoms with Crippen LogP contribution in [0.5, 0.6) is 0 Å². The first-order valence-corrected chi connectivity index (χ1v) is 8.41. The van der Waals surface area contributed by atoms with Gasteiger partial charge in [-0.2, -0.15) is 4.98 Å². The van der Waals surface area contributed by atoms with Crippen molar-refractivity contribution in [2.45, 2.75) is 12.8 Å². The SMILES string of the molecule is CC1=CC(c2ccccc2)c2c(Cl)nc(=O)n(-c3ccccc3)c2N1. The van der Waals surface area contributed by atoms with E-state index in [0.717, 1.165) is 22.5 Å². The zero-order valence-corrected chi connectivity index (χ0v) is 14.4. The Morgan fingerprint density at radius 3 is 2.36 bits per heavy atom. The molecule has 0 radical (unpaired) electrons. The quantitative estimate of drug-likeness (QED) is 0.700. The van der Waals surface area contributed by atoms with Gasteiger partial charge >= 0.3 is 5.69 Å². The lowest BCUT2D eigenvalue weighted by atomic mass is 9.89. The summed E-state index contributed by atoms with van der Waals surface area (Å²) in [6.07, 6.45) is 2.10. The number of benzene rings is 2. The minimum absolute atomic E-state index is 0.0620. The molecule has 0 fully saturated rings. The summed E-state index contributed by atoms with van der Waals surface area (Å²) in [6.45, 7) is 1.98. The standard InChI is InChI=1S/C20H16ClN3O/c1-13-12-16(14-8-4-2-5-9-14)17-18(21)23-20(25)24(19(17)22-13)15-10-6-3-7-11-15/h2-12,16,22H,1H3. The largest absolute Gasteiger partial charge is 0.355 e. The number of hydrogen-bond acceptors (Lipinski definition) is 3. The van der Waals surface area contributed by atoms with Crippen LogP contribution in [0.25, 0.3) is 5.69 Å². The molecule has 0 aliphatic carbocycles. The van der Waals surface area contributed by atoms with Crippen LogP contribution < -0.4 is 11.0 Å². The summed E-state index contributed by atoms with van der Waals surface area (Å²) in [5.41, 5.74) is 3.23. The smallest absolute Gasteiger partial charge is 0.345 e. The van der Waals surface area contributed by atoms with Gasteiger partial charge in [0.05, 0.1) is 5.69 Å². The van der Waals surface area contributed by atoms with E-state index in [2.05, 4.69) is 28.5 Å². The molecule has 0 amide bonds. The average Bonchev–Trinajstić information content (AvgIpc) is 2.62. The molecule has 4 nitrogen and oxygen atoms in total. The van der Waals surface area contributed by atoms with Crippen LogP contribution in [-0.2, 0) is 0 Å². The minimum Gasteiger partial charge on any atom is -0.345 e. The molecule has 124 valence electrons. The summed E-state index contributed by atoms with van der Waals surface area (Å²) in [7, 11) is 0. The van der Waals surface area contributed by atoms with Gasteiger partial charge in [0.2, 0.25) is 0 Å². The number of fused-ring (bicyclic) bond motifs is 1. The Balaban J connectivity index is 2.01. The highest BCUT2D eigenvalue weighted by molar-refractivity contribution is 6.30. The van der Waals surface area contributed by atoms with Crippen LogP contribution in [0.2, 0.25) is 5.15 Å². The summed E-state index contributed by atoms with van der Waals surface area (Å²) in [4.78, 5) is 16.6. The van der Waals surface area contributed by atoms with Gasteiger partial charge in [0.15, 0.2) is 0 Å². The third kappa shape index (κ3) is 2.75. The minimum atomic E-state index is -0.399. The van der Waals surface area contributed by atoms with Gasteiger partial charge in [-0.15, -0.1) is 0 Å². The Labute approximate surface area is 150 Å². The molecule has 1 N–H and O–H groups in total. The van der Waals surface area contributed by atoms with Gasteiger partial charge in [0, 0.05) is 17.2 Å². The number of nitrogens with one attached hydrogen (secondary N) is 1. The Hall–Kier alpha value is -2.85. The molecule has 2 heterocycles. The zero-order valence-electron chi connectivity index (χ0n) is 13.6. The summed E-state index contributed by atoms with van der Waals surface area (Å²) in [5.74, 6) is 0.609. The molecule has 2 aromatic carbocycles. The summed E-state index contributed by atoms with van der Waals surface area (Å²) in [6, 6.07) is 19.5. The fourth-order valence-electron chi connectivity index (χ4n) is 3.21. The second kappa shape index (κ2) is 6.22. The van der Waals surface area contributed by atoms with Crippen molar-refractivity contribution in [3.63, 3.8) is 0 Å². The van der Waals surface area contributed by atoms with E-state index in [1.165, 1.54) is 0 Å². The van der Waals surface area contributed by atoms with E-state index in [-0.39, 0.29) is 11.1 Å². The molecule has 1 unspecified atom stereocenters. The van der Waals surface area contributed by atoms with Crippen LogP contribution in [0.1, 0.15) is 24.0 Å². The van der Waals surface area contributed by atoms with E-state index in [9.17, 15) is 4.79 Å². The number of hydrogen-bond donors (Lipinski definition) is 1. The van der Waals surface area contributed by atoms with Gasteiger partial charge in [0.1, 0.15) is 11.0 Å². The molecule has 4 rings (SSSR count). The third-order valence-corrected chi connectivity index (χ3v) is 4.59. The van der Waals surface area contributed by atoms with Gasteiger partial charge in [0.25, 0.3) is 0 Å². The van der Waals surface area contributed by atoms with Gasteiger partial charge < -0.3 is 5.32 Å². The van der Waals surface area contributed by atoms with Crippen LogP contribution in [0.15, 0.2) is 77.2 Å². The van der Waals surface area contributed by atoms with Crippen LogP contribution in [0, 0.1) is 0 Å². The van der Waals surface area contributed by atoms with Crippen LogP contribution >= 0.6 is 11.6 Å². The topological polar surface area (TPSA) is 46.9 Å². The number of aromatic nitrogens is 2. The van der Waals surface area contributed by atoms with Crippen molar-refractivity contribution in [1.29, 1.82) is 0 Å². The third-order valence-electron chi connectivity index (χ3n) is 4.30. The second-order valence-corrected chi connectivity index (χ2v) is 6.34. The molecule has 1 aromatic heterocycles. The fourth-order valence-corrected chi connectivity index (χ4v) is 3.49. The predicted octanol–water partition coefficient (Wildman–Crippen LogP) is 4.35. The maximum atomic E-state index is 12.6. The first-order valence-electron chi connectivity index (χ1n) is 8.03. The highest BCUT2D eigenvalue weighted by Gasteiger charge is 2.27. The molecule has 5 heteroatoms. The molecule has 1 aliphatic rings. The second-order valence-electron chi connectivity index (χ2n) is 5.98. The number of anilines is 1. The summed E-state index contributed by atoms with van der Waals surface area (Å²) < 4.78 is 1.58. The van der Waals surface area contributed by atoms with E-state index in [1.807, 2.05) is 55.5 Å². The molecule has 3 aromatic rings. The van der Waals surface area contributed by atoms with Crippen molar-refractivity contribution < 1.29 is 0 Å². The predicted molar refractivity (Wildman–Crippen MR) is 101 cm³/mol. The lowest BCUT2D eigenvalue weighted by molar-refractivity contribution is 0.853. The van der Waals surface area contributed by atoms with E-state index >= 15 is 0 Å². The van der Waals surface area contributed by atoms with Crippen molar-refractivity contribution in [3.8, 4) is 5.69 Å². The van der Waals surface area contributed by atoms with Crippen molar-refractivity contribution >= 4 is 17.4 Å². The van der Waals surface area contributed by atoms with Crippen molar-refractivity contribution in [1.82, 2.24) is 9.55 Å². The van der Waals surface area contributed by atoms with Crippen molar-refractivity contribution in [2.24, 2.45) is 0 Å².